The molecule has 0 aliphatic carbocycles. The van der Waals surface area contributed by atoms with Gasteiger partial charge in [0.1, 0.15) is 5.69 Å². The first kappa shape index (κ1) is 17.2. The molecule has 0 atom stereocenters. The highest BCUT2D eigenvalue weighted by Gasteiger charge is 2.26. The number of hydrogen-bond acceptors (Lipinski definition) is 4. The van der Waals surface area contributed by atoms with Gasteiger partial charge < -0.3 is 14.6 Å². The Morgan fingerprint density at radius 2 is 2.10 bits per heavy atom. The topological polar surface area (TPSA) is 88.6 Å². The smallest absolute Gasteiger partial charge is 0.287 e. The molecule has 1 aromatic heterocycles. The second-order valence-corrected chi connectivity index (χ2v) is 5.67. The number of amides is 1. The van der Waals surface area contributed by atoms with Crippen LogP contribution in [0.1, 0.15) is 44.6 Å². The summed E-state index contributed by atoms with van der Waals surface area (Å²) >= 11 is 0. The van der Waals surface area contributed by atoms with Gasteiger partial charge in [0.15, 0.2) is 0 Å². The van der Waals surface area contributed by atoms with E-state index in [2.05, 4.69) is 0 Å². The van der Waals surface area contributed by atoms with Crippen molar-refractivity contribution in [1.82, 2.24) is 9.47 Å². The average Bonchev–Trinajstić information content (AvgIpc) is 2.78. The highest BCUT2D eigenvalue weighted by atomic mass is 16.6. The van der Waals surface area contributed by atoms with Crippen LogP contribution in [0.3, 0.4) is 0 Å². The Morgan fingerprint density at radius 1 is 1.48 bits per heavy atom. The van der Waals surface area contributed by atoms with E-state index < -0.39 is 10.5 Å². The van der Waals surface area contributed by atoms with Crippen molar-refractivity contribution in [2.24, 2.45) is 0 Å². The highest BCUT2D eigenvalue weighted by molar-refractivity contribution is 5.93. The third kappa shape index (κ3) is 4.56. The molecular weight excluding hydrogens is 274 g/mol. The molecular formula is C14H23N3O4. The average molecular weight is 297 g/mol. The molecule has 1 aromatic rings. The van der Waals surface area contributed by atoms with Gasteiger partial charge >= 0.3 is 0 Å². The SMILES string of the molecule is CCCn1cc([N+](=O)[O-])cc1C(=O)N(CC)CC(C)(C)O. The predicted molar refractivity (Wildman–Crippen MR) is 79.3 cm³/mol. The minimum Gasteiger partial charge on any atom is -0.389 e. The lowest BCUT2D eigenvalue weighted by molar-refractivity contribution is -0.384. The van der Waals surface area contributed by atoms with Crippen molar-refractivity contribution in [3.8, 4) is 0 Å². The first-order valence-corrected chi connectivity index (χ1v) is 7.05. The fourth-order valence-corrected chi connectivity index (χ4v) is 2.16. The van der Waals surface area contributed by atoms with Gasteiger partial charge in [0.05, 0.1) is 16.7 Å². The van der Waals surface area contributed by atoms with E-state index in [9.17, 15) is 20.0 Å². The Kier molecular flexibility index (Phi) is 5.48. The van der Waals surface area contributed by atoms with E-state index in [1.54, 1.807) is 18.4 Å². The molecule has 0 fully saturated rings. The van der Waals surface area contributed by atoms with Gasteiger partial charge in [-0.05, 0) is 27.2 Å². The Hall–Kier alpha value is -1.89. The molecule has 118 valence electrons. The second kappa shape index (κ2) is 6.71. The normalized spacial score (nSPS) is 11.5. The number of carbonyl (C=O) groups excluding carboxylic acids is 1. The maximum Gasteiger partial charge on any atom is 0.287 e. The van der Waals surface area contributed by atoms with Crippen molar-refractivity contribution >= 4 is 11.6 Å². The number of likely N-dealkylation sites (N-methyl/N-ethyl adjacent to an activating group) is 1. The van der Waals surface area contributed by atoms with E-state index in [-0.39, 0.29) is 23.8 Å². The minimum absolute atomic E-state index is 0.0916. The van der Waals surface area contributed by atoms with Crippen LogP contribution in [0.25, 0.3) is 0 Å². The summed E-state index contributed by atoms with van der Waals surface area (Å²) < 4.78 is 1.60. The van der Waals surface area contributed by atoms with E-state index >= 15 is 0 Å². The van der Waals surface area contributed by atoms with Gasteiger partial charge in [0.2, 0.25) is 0 Å². The minimum atomic E-state index is -1.01. The fourth-order valence-electron chi connectivity index (χ4n) is 2.16. The third-order valence-electron chi connectivity index (χ3n) is 3.02. The lowest BCUT2D eigenvalue weighted by atomic mass is 10.1. The molecule has 1 N–H and O–H groups in total. The molecule has 0 aliphatic heterocycles. The molecule has 7 nitrogen and oxygen atoms in total. The standard InChI is InChI=1S/C14H23N3O4/c1-5-7-16-9-11(17(20)21)8-12(16)13(18)15(6-2)10-14(3,4)19/h8-9,19H,5-7,10H2,1-4H3. The first-order valence-electron chi connectivity index (χ1n) is 7.05. The fraction of sp³-hybridized carbons (Fsp3) is 0.643. The number of aromatic nitrogens is 1. The van der Waals surface area contributed by atoms with Crippen LogP contribution in [0.4, 0.5) is 5.69 Å². The molecule has 1 amide bonds. The van der Waals surface area contributed by atoms with E-state index in [4.69, 9.17) is 0 Å². The quantitative estimate of drug-likeness (QED) is 0.616. The zero-order valence-electron chi connectivity index (χ0n) is 13.0. The summed E-state index contributed by atoms with van der Waals surface area (Å²) in [6.07, 6.45) is 2.15. The molecule has 0 aliphatic rings. The van der Waals surface area contributed by atoms with Crippen molar-refractivity contribution < 1.29 is 14.8 Å². The van der Waals surface area contributed by atoms with Gasteiger partial charge in [0.25, 0.3) is 11.6 Å². The first-order chi connectivity index (χ1) is 9.69. The van der Waals surface area contributed by atoms with E-state index in [1.165, 1.54) is 17.2 Å². The molecule has 0 radical (unpaired) electrons. The lowest BCUT2D eigenvalue weighted by Crippen LogP contribution is -2.42. The van der Waals surface area contributed by atoms with Gasteiger partial charge in [-0.3, -0.25) is 14.9 Å². The number of nitrogens with zero attached hydrogens (tertiary/aromatic N) is 3. The molecule has 1 rings (SSSR count). The molecule has 0 spiro atoms. The number of aryl methyl sites for hydroxylation is 1. The Bertz CT molecular complexity index is 517. The number of aliphatic hydroxyl groups is 1. The molecule has 0 saturated heterocycles. The van der Waals surface area contributed by atoms with Crippen LogP contribution in [0, 0.1) is 10.1 Å². The van der Waals surface area contributed by atoms with Crippen molar-refractivity contribution in [3.05, 3.63) is 28.1 Å². The molecule has 0 unspecified atom stereocenters. The zero-order chi connectivity index (χ0) is 16.2. The van der Waals surface area contributed by atoms with Crippen molar-refractivity contribution in [2.45, 2.75) is 46.3 Å². The molecule has 1 heterocycles. The number of rotatable bonds is 7. The van der Waals surface area contributed by atoms with Crippen molar-refractivity contribution in [2.75, 3.05) is 13.1 Å². The van der Waals surface area contributed by atoms with Gasteiger partial charge in [-0.15, -0.1) is 0 Å². The molecule has 0 saturated carbocycles. The lowest BCUT2D eigenvalue weighted by Gasteiger charge is -2.28. The van der Waals surface area contributed by atoms with Crippen molar-refractivity contribution in [3.63, 3.8) is 0 Å². The molecule has 0 bridgehead atoms. The van der Waals surface area contributed by atoms with Gasteiger partial charge in [0, 0.05) is 25.7 Å². The Labute approximate surface area is 124 Å². The summed E-state index contributed by atoms with van der Waals surface area (Å²) in [4.78, 5) is 24.4. The van der Waals surface area contributed by atoms with Crippen LogP contribution >= 0.6 is 0 Å². The molecule has 0 aromatic carbocycles. The largest absolute Gasteiger partial charge is 0.389 e. The number of nitro groups is 1. The summed E-state index contributed by atoms with van der Waals surface area (Å²) in [6.45, 7) is 8.13. The van der Waals surface area contributed by atoms with E-state index in [0.717, 1.165) is 6.42 Å². The molecule has 7 heteroatoms. The maximum atomic E-state index is 12.6. The van der Waals surface area contributed by atoms with E-state index in [1.807, 2.05) is 13.8 Å². The Balaban J connectivity index is 3.11. The number of hydrogen-bond donors (Lipinski definition) is 1. The summed E-state index contributed by atoms with van der Waals surface area (Å²) in [5, 5.41) is 20.8. The van der Waals surface area contributed by atoms with Gasteiger partial charge in [-0.1, -0.05) is 6.92 Å². The van der Waals surface area contributed by atoms with Gasteiger partial charge in [-0.2, -0.15) is 0 Å². The van der Waals surface area contributed by atoms with E-state index in [0.29, 0.717) is 13.1 Å². The summed E-state index contributed by atoms with van der Waals surface area (Å²) in [5.74, 6) is -0.304. The van der Waals surface area contributed by atoms with Crippen LogP contribution in [0.15, 0.2) is 12.3 Å². The highest BCUT2D eigenvalue weighted by Crippen LogP contribution is 2.19. The molecule has 21 heavy (non-hydrogen) atoms. The van der Waals surface area contributed by atoms with Crippen LogP contribution in [-0.2, 0) is 6.54 Å². The monoisotopic (exact) mass is 297 g/mol. The van der Waals surface area contributed by atoms with Crippen LogP contribution < -0.4 is 0 Å². The number of carbonyl (C=O) groups is 1. The van der Waals surface area contributed by atoms with Crippen LogP contribution in [0.5, 0.6) is 0 Å². The van der Waals surface area contributed by atoms with Crippen LogP contribution in [0.2, 0.25) is 0 Å². The second-order valence-electron chi connectivity index (χ2n) is 5.67. The van der Waals surface area contributed by atoms with Crippen molar-refractivity contribution in [1.29, 1.82) is 0 Å². The van der Waals surface area contributed by atoms with Crippen LogP contribution in [-0.4, -0.2) is 44.1 Å². The summed E-state index contributed by atoms with van der Waals surface area (Å²) in [6, 6.07) is 1.30. The third-order valence-corrected chi connectivity index (χ3v) is 3.02. The predicted octanol–water partition coefficient (Wildman–Crippen LogP) is 2.04. The summed E-state index contributed by atoms with van der Waals surface area (Å²) in [7, 11) is 0. The zero-order valence-corrected chi connectivity index (χ0v) is 13.0. The maximum absolute atomic E-state index is 12.6. The summed E-state index contributed by atoms with van der Waals surface area (Å²) in [5.41, 5.74) is -0.819. The van der Waals surface area contributed by atoms with Gasteiger partial charge in [-0.25, -0.2) is 0 Å². The Morgan fingerprint density at radius 3 is 2.52 bits per heavy atom.